The maximum atomic E-state index is 6.23. The number of hydrogen-bond donors (Lipinski definition) is 1. The molecule has 96 valence electrons. The summed E-state index contributed by atoms with van der Waals surface area (Å²) in [6.07, 6.45) is 0. The third kappa shape index (κ3) is 2.86. The summed E-state index contributed by atoms with van der Waals surface area (Å²) in [5.41, 5.74) is 1.17. The second-order valence-electron chi connectivity index (χ2n) is 3.90. The second kappa shape index (κ2) is 6.23. The Hall–Kier alpha value is -1.03. The van der Waals surface area contributed by atoms with Crippen LogP contribution in [0.1, 0.15) is 23.4 Å². The lowest BCUT2D eigenvalue weighted by atomic mass is 10.0. The number of halogens is 1. The first-order valence-corrected chi connectivity index (χ1v) is 7.12. The van der Waals surface area contributed by atoms with E-state index in [9.17, 15) is 0 Å². The van der Waals surface area contributed by atoms with E-state index in [0.717, 1.165) is 22.2 Å². The molecule has 4 heteroatoms. The normalized spacial score (nSPS) is 12.4. The molecule has 0 amide bonds. The molecule has 2 nitrogen and oxygen atoms in total. The third-order valence-electron chi connectivity index (χ3n) is 2.74. The van der Waals surface area contributed by atoms with E-state index >= 15 is 0 Å². The van der Waals surface area contributed by atoms with Gasteiger partial charge in [0.15, 0.2) is 0 Å². The van der Waals surface area contributed by atoms with Gasteiger partial charge in [-0.25, -0.2) is 0 Å². The summed E-state index contributed by atoms with van der Waals surface area (Å²) in [4.78, 5) is 1.15. The van der Waals surface area contributed by atoms with Crippen molar-refractivity contribution in [1.82, 2.24) is 5.32 Å². The van der Waals surface area contributed by atoms with E-state index in [-0.39, 0.29) is 6.04 Å². The maximum absolute atomic E-state index is 6.23. The molecule has 2 rings (SSSR count). The van der Waals surface area contributed by atoms with Gasteiger partial charge in [0, 0.05) is 4.88 Å². The van der Waals surface area contributed by atoms with Crippen molar-refractivity contribution in [2.75, 3.05) is 13.7 Å². The van der Waals surface area contributed by atoms with Crippen LogP contribution in [0.25, 0.3) is 0 Å². The van der Waals surface area contributed by atoms with Crippen LogP contribution in [0, 0.1) is 0 Å². The molecule has 1 aromatic heterocycles. The fourth-order valence-corrected chi connectivity index (χ4v) is 3.17. The molecule has 1 unspecified atom stereocenters. The fourth-order valence-electron chi connectivity index (χ4n) is 1.90. The molecule has 0 saturated heterocycles. The summed E-state index contributed by atoms with van der Waals surface area (Å²) >= 11 is 7.90. The van der Waals surface area contributed by atoms with Crippen LogP contribution in [0.2, 0.25) is 5.02 Å². The van der Waals surface area contributed by atoms with Gasteiger partial charge >= 0.3 is 0 Å². The number of thiophene rings is 1. The van der Waals surface area contributed by atoms with Gasteiger partial charge in [-0.15, -0.1) is 11.3 Å². The van der Waals surface area contributed by atoms with Crippen LogP contribution in [0.5, 0.6) is 5.75 Å². The minimum absolute atomic E-state index is 0.123. The second-order valence-corrected chi connectivity index (χ2v) is 5.25. The lowest BCUT2D eigenvalue weighted by Crippen LogP contribution is -2.21. The van der Waals surface area contributed by atoms with Gasteiger partial charge in [0.05, 0.1) is 18.2 Å². The molecule has 1 N–H and O–H groups in total. The standard InChI is InChI=1S/C14H16ClNOS/c1-3-16-13(14-12(15)7-8-18-14)10-5-4-6-11(9-10)17-2/h4-9,13,16H,3H2,1-2H3. The zero-order chi connectivity index (χ0) is 13.0. The van der Waals surface area contributed by atoms with Crippen LogP contribution in [0.4, 0.5) is 0 Å². The van der Waals surface area contributed by atoms with E-state index in [4.69, 9.17) is 16.3 Å². The first-order chi connectivity index (χ1) is 8.76. The topological polar surface area (TPSA) is 21.3 Å². The quantitative estimate of drug-likeness (QED) is 0.890. The Labute approximate surface area is 117 Å². The molecule has 2 aromatic rings. The molecule has 0 bridgehead atoms. The van der Waals surface area contributed by atoms with Gasteiger partial charge in [0.1, 0.15) is 5.75 Å². The average Bonchev–Trinajstić information content (AvgIpc) is 2.82. The Morgan fingerprint density at radius 1 is 1.39 bits per heavy atom. The first-order valence-electron chi connectivity index (χ1n) is 5.86. The first kappa shape index (κ1) is 13.4. The molecule has 1 aromatic carbocycles. The summed E-state index contributed by atoms with van der Waals surface area (Å²) in [5, 5.41) is 6.29. The van der Waals surface area contributed by atoms with E-state index in [1.54, 1.807) is 18.4 Å². The van der Waals surface area contributed by atoms with Crippen LogP contribution in [0.15, 0.2) is 35.7 Å². The fraction of sp³-hybridized carbons (Fsp3) is 0.286. The molecule has 1 atom stereocenters. The molecule has 0 aliphatic heterocycles. The summed E-state index contributed by atoms with van der Waals surface area (Å²) in [5.74, 6) is 0.864. The smallest absolute Gasteiger partial charge is 0.119 e. The SMILES string of the molecule is CCNC(c1cccc(OC)c1)c1sccc1Cl. The van der Waals surface area contributed by atoms with Crippen molar-refractivity contribution in [3.8, 4) is 5.75 Å². The Kier molecular flexibility index (Phi) is 4.64. The molecule has 0 aliphatic carbocycles. The molecule has 0 radical (unpaired) electrons. The van der Waals surface area contributed by atoms with Gasteiger partial charge in [-0.3, -0.25) is 0 Å². The van der Waals surface area contributed by atoms with E-state index < -0.39 is 0 Å². The van der Waals surface area contributed by atoms with E-state index in [0.29, 0.717) is 0 Å². The molecule has 0 saturated carbocycles. The number of nitrogens with one attached hydrogen (secondary N) is 1. The van der Waals surface area contributed by atoms with Crippen molar-refractivity contribution in [3.63, 3.8) is 0 Å². The van der Waals surface area contributed by atoms with Crippen LogP contribution in [-0.4, -0.2) is 13.7 Å². The maximum Gasteiger partial charge on any atom is 0.119 e. The minimum atomic E-state index is 0.123. The van der Waals surface area contributed by atoms with Crippen molar-refractivity contribution in [2.45, 2.75) is 13.0 Å². The Morgan fingerprint density at radius 3 is 2.83 bits per heavy atom. The highest BCUT2D eigenvalue weighted by Crippen LogP contribution is 2.33. The van der Waals surface area contributed by atoms with E-state index in [1.165, 1.54) is 5.56 Å². The zero-order valence-corrected chi connectivity index (χ0v) is 12.0. The van der Waals surface area contributed by atoms with Crippen molar-refractivity contribution in [3.05, 3.63) is 51.2 Å². The largest absolute Gasteiger partial charge is 0.497 e. The van der Waals surface area contributed by atoms with Crippen LogP contribution in [-0.2, 0) is 0 Å². The Morgan fingerprint density at radius 2 is 2.22 bits per heavy atom. The highest BCUT2D eigenvalue weighted by molar-refractivity contribution is 7.10. The number of methoxy groups -OCH3 is 1. The summed E-state index contributed by atoms with van der Waals surface area (Å²) < 4.78 is 5.27. The van der Waals surface area contributed by atoms with E-state index in [1.807, 2.05) is 29.6 Å². The minimum Gasteiger partial charge on any atom is -0.497 e. The predicted molar refractivity (Wildman–Crippen MR) is 77.8 cm³/mol. The molecule has 1 heterocycles. The lowest BCUT2D eigenvalue weighted by molar-refractivity contribution is 0.413. The average molecular weight is 282 g/mol. The molecule has 0 spiro atoms. The monoisotopic (exact) mass is 281 g/mol. The molecule has 0 aliphatic rings. The lowest BCUT2D eigenvalue weighted by Gasteiger charge is -2.18. The summed E-state index contributed by atoms with van der Waals surface area (Å²) in [6, 6.07) is 10.1. The number of benzene rings is 1. The van der Waals surface area contributed by atoms with Crippen LogP contribution >= 0.6 is 22.9 Å². The molecular weight excluding hydrogens is 266 g/mol. The number of rotatable bonds is 5. The van der Waals surface area contributed by atoms with Crippen molar-refractivity contribution >= 4 is 22.9 Å². The highest BCUT2D eigenvalue weighted by atomic mass is 35.5. The number of ether oxygens (including phenoxy) is 1. The van der Waals surface area contributed by atoms with Gasteiger partial charge in [-0.1, -0.05) is 30.7 Å². The van der Waals surface area contributed by atoms with Crippen molar-refractivity contribution < 1.29 is 4.74 Å². The zero-order valence-electron chi connectivity index (χ0n) is 10.4. The summed E-state index contributed by atoms with van der Waals surface area (Å²) in [7, 11) is 1.68. The van der Waals surface area contributed by atoms with Gasteiger partial charge in [-0.2, -0.15) is 0 Å². The summed E-state index contributed by atoms with van der Waals surface area (Å²) in [6.45, 7) is 2.98. The van der Waals surface area contributed by atoms with Crippen LogP contribution in [0.3, 0.4) is 0 Å². The molecular formula is C14H16ClNOS. The number of hydrogen-bond acceptors (Lipinski definition) is 3. The molecule has 18 heavy (non-hydrogen) atoms. The highest BCUT2D eigenvalue weighted by Gasteiger charge is 2.17. The van der Waals surface area contributed by atoms with Crippen molar-refractivity contribution in [1.29, 1.82) is 0 Å². The van der Waals surface area contributed by atoms with Crippen LogP contribution < -0.4 is 10.1 Å². The van der Waals surface area contributed by atoms with Gasteiger partial charge < -0.3 is 10.1 Å². The van der Waals surface area contributed by atoms with Gasteiger partial charge in [0.2, 0.25) is 0 Å². The van der Waals surface area contributed by atoms with Gasteiger partial charge in [-0.05, 0) is 35.7 Å². The Bertz CT molecular complexity index is 512. The Balaban J connectivity index is 2.38. The predicted octanol–water partition coefficient (Wildman–Crippen LogP) is 4.11. The molecule has 0 fully saturated rings. The van der Waals surface area contributed by atoms with E-state index in [2.05, 4.69) is 18.3 Å². The van der Waals surface area contributed by atoms with Crippen molar-refractivity contribution in [2.24, 2.45) is 0 Å². The van der Waals surface area contributed by atoms with Gasteiger partial charge in [0.25, 0.3) is 0 Å². The third-order valence-corrected chi connectivity index (χ3v) is 4.17.